The van der Waals surface area contributed by atoms with Gasteiger partial charge < -0.3 is 5.11 Å². The molecule has 1 heterocycles. The Balaban J connectivity index is 2.16. The van der Waals surface area contributed by atoms with E-state index in [1.165, 1.54) is 11.0 Å². The Morgan fingerprint density at radius 1 is 1.32 bits per heavy atom. The fourth-order valence-corrected chi connectivity index (χ4v) is 4.16. The molecule has 2 atom stereocenters. The van der Waals surface area contributed by atoms with Crippen molar-refractivity contribution in [2.45, 2.75) is 18.7 Å². The fraction of sp³-hybridized carbons (Fsp3) is 0.500. The standard InChI is InChI=1S/C12H15F2NO3S/c1-15(11-6-19(17,18)7-12(11)16)5-8-9(13)3-2-4-10(8)14/h2-4,11-12,16H,5-7H2,1H3/t11-,12-/m1/s1. The Hall–Kier alpha value is -1.05. The van der Waals surface area contributed by atoms with Crippen LogP contribution in [0.5, 0.6) is 0 Å². The lowest BCUT2D eigenvalue weighted by atomic mass is 10.1. The molecule has 1 aliphatic heterocycles. The minimum Gasteiger partial charge on any atom is -0.390 e. The zero-order valence-electron chi connectivity index (χ0n) is 10.4. The van der Waals surface area contributed by atoms with E-state index in [0.29, 0.717) is 0 Å². The zero-order chi connectivity index (χ0) is 14.2. The van der Waals surface area contributed by atoms with Gasteiger partial charge in [-0.1, -0.05) is 6.07 Å². The van der Waals surface area contributed by atoms with Crippen molar-refractivity contribution in [2.24, 2.45) is 0 Å². The minimum atomic E-state index is -3.28. The van der Waals surface area contributed by atoms with E-state index < -0.39 is 33.6 Å². The van der Waals surface area contributed by atoms with E-state index in [4.69, 9.17) is 0 Å². The Morgan fingerprint density at radius 2 is 1.89 bits per heavy atom. The van der Waals surface area contributed by atoms with Crippen molar-refractivity contribution in [3.05, 3.63) is 35.4 Å². The first-order valence-corrected chi connectivity index (χ1v) is 7.64. The van der Waals surface area contributed by atoms with Crippen LogP contribution in [0.15, 0.2) is 18.2 Å². The number of likely N-dealkylation sites (N-methyl/N-ethyl adjacent to an activating group) is 1. The van der Waals surface area contributed by atoms with E-state index in [1.807, 2.05) is 0 Å². The van der Waals surface area contributed by atoms with Crippen LogP contribution in [0, 0.1) is 11.6 Å². The fourth-order valence-electron chi connectivity index (χ4n) is 2.28. The number of aliphatic hydroxyl groups excluding tert-OH is 1. The number of halogens is 2. The lowest BCUT2D eigenvalue weighted by molar-refractivity contribution is 0.0944. The van der Waals surface area contributed by atoms with E-state index in [-0.39, 0.29) is 23.6 Å². The van der Waals surface area contributed by atoms with Gasteiger partial charge in [-0.05, 0) is 19.2 Å². The number of nitrogens with zero attached hydrogens (tertiary/aromatic N) is 1. The lowest BCUT2D eigenvalue weighted by Gasteiger charge is -2.26. The molecule has 7 heteroatoms. The van der Waals surface area contributed by atoms with Gasteiger partial charge in [-0.3, -0.25) is 4.90 Å². The monoisotopic (exact) mass is 291 g/mol. The number of hydrogen-bond acceptors (Lipinski definition) is 4. The van der Waals surface area contributed by atoms with Crippen molar-refractivity contribution in [3.8, 4) is 0 Å². The molecule has 1 aromatic rings. The second kappa shape index (κ2) is 5.15. The van der Waals surface area contributed by atoms with Crippen molar-refractivity contribution in [2.75, 3.05) is 18.6 Å². The van der Waals surface area contributed by atoms with Crippen LogP contribution >= 0.6 is 0 Å². The summed E-state index contributed by atoms with van der Waals surface area (Å²) in [6.07, 6.45) is -1.02. The highest BCUT2D eigenvalue weighted by Crippen LogP contribution is 2.21. The molecule has 0 bridgehead atoms. The molecule has 0 unspecified atom stereocenters. The highest BCUT2D eigenvalue weighted by molar-refractivity contribution is 7.91. The molecule has 0 aromatic heterocycles. The maximum Gasteiger partial charge on any atom is 0.154 e. The van der Waals surface area contributed by atoms with Gasteiger partial charge in [0.15, 0.2) is 9.84 Å². The molecule has 0 radical (unpaired) electrons. The quantitative estimate of drug-likeness (QED) is 0.884. The third-order valence-electron chi connectivity index (χ3n) is 3.33. The van der Waals surface area contributed by atoms with Gasteiger partial charge in [0.2, 0.25) is 0 Å². The normalized spacial score (nSPS) is 25.9. The molecule has 1 aromatic carbocycles. The summed E-state index contributed by atoms with van der Waals surface area (Å²) in [4.78, 5) is 1.47. The van der Waals surface area contributed by atoms with Crippen LogP contribution in [-0.4, -0.2) is 49.1 Å². The third-order valence-corrected chi connectivity index (χ3v) is 5.03. The molecule has 1 fully saturated rings. The molecule has 1 N–H and O–H groups in total. The molecule has 4 nitrogen and oxygen atoms in total. The molecule has 106 valence electrons. The zero-order valence-corrected chi connectivity index (χ0v) is 11.2. The average molecular weight is 291 g/mol. The molecule has 0 aliphatic carbocycles. The number of sulfone groups is 1. The molecule has 0 amide bonds. The summed E-state index contributed by atoms with van der Waals surface area (Å²) in [6, 6.07) is 2.93. The first-order valence-electron chi connectivity index (χ1n) is 5.82. The van der Waals surface area contributed by atoms with Crippen molar-refractivity contribution >= 4 is 9.84 Å². The van der Waals surface area contributed by atoms with Crippen LogP contribution < -0.4 is 0 Å². The molecular formula is C12H15F2NO3S. The van der Waals surface area contributed by atoms with Gasteiger partial charge in [0.1, 0.15) is 11.6 Å². The molecule has 0 spiro atoms. The van der Waals surface area contributed by atoms with Gasteiger partial charge in [0.05, 0.1) is 23.7 Å². The van der Waals surface area contributed by atoms with E-state index in [0.717, 1.165) is 12.1 Å². The molecule has 0 saturated carbocycles. The number of aliphatic hydroxyl groups is 1. The van der Waals surface area contributed by atoms with E-state index in [9.17, 15) is 22.3 Å². The number of hydrogen-bond donors (Lipinski definition) is 1. The Bertz CT molecular complexity index is 556. The summed E-state index contributed by atoms with van der Waals surface area (Å²) in [5, 5.41) is 9.70. The third kappa shape index (κ3) is 3.10. The van der Waals surface area contributed by atoms with Crippen LogP contribution in [0.3, 0.4) is 0 Å². The molecule has 2 rings (SSSR count). The largest absolute Gasteiger partial charge is 0.390 e. The smallest absolute Gasteiger partial charge is 0.154 e. The van der Waals surface area contributed by atoms with Crippen LogP contribution in [0.4, 0.5) is 8.78 Å². The highest BCUT2D eigenvalue weighted by atomic mass is 32.2. The first-order chi connectivity index (χ1) is 8.80. The van der Waals surface area contributed by atoms with Crippen molar-refractivity contribution in [1.82, 2.24) is 4.90 Å². The number of benzene rings is 1. The van der Waals surface area contributed by atoms with Gasteiger partial charge in [-0.15, -0.1) is 0 Å². The number of rotatable bonds is 3. The van der Waals surface area contributed by atoms with Crippen molar-refractivity contribution in [1.29, 1.82) is 0 Å². The topological polar surface area (TPSA) is 57.6 Å². The summed E-state index contributed by atoms with van der Waals surface area (Å²) in [5.41, 5.74) is -0.124. The molecule has 1 saturated heterocycles. The van der Waals surface area contributed by atoms with Gasteiger partial charge in [-0.25, -0.2) is 17.2 Å². The van der Waals surface area contributed by atoms with Gasteiger partial charge in [-0.2, -0.15) is 0 Å². The van der Waals surface area contributed by atoms with Crippen molar-refractivity contribution in [3.63, 3.8) is 0 Å². The molecule has 1 aliphatic rings. The maximum atomic E-state index is 13.5. The minimum absolute atomic E-state index is 0.0875. The van der Waals surface area contributed by atoms with Crippen LogP contribution in [0.25, 0.3) is 0 Å². The summed E-state index contributed by atoms with van der Waals surface area (Å²) >= 11 is 0. The predicted octanol–water partition coefficient (Wildman–Crippen LogP) is 0.554. The van der Waals surface area contributed by atoms with E-state index in [2.05, 4.69) is 0 Å². The van der Waals surface area contributed by atoms with Gasteiger partial charge in [0.25, 0.3) is 0 Å². The van der Waals surface area contributed by atoms with Gasteiger partial charge in [0, 0.05) is 12.1 Å². The molecule has 19 heavy (non-hydrogen) atoms. The molecular weight excluding hydrogens is 276 g/mol. The Morgan fingerprint density at radius 3 is 2.37 bits per heavy atom. The summed E-state index contributed by atoms with van der Waals surface area (Å²) in [6.45, 7) is -0.0875. The second-order valence-electron chi connectivity index (χ2n) is 4.83. The first kappa shape index (κ1) is 14.4. The van der Waals surface area contributed by atoms with Crippen molar-refractivity contribution < 1.29 is 22.3 Å². The Labute approximate surface area is 110 Å². The Kier molecular flexibility index (Phi) is 3.89. The van der Waals surface area contributed by atoms with Gasteiger partial charge >= 0.3 is 0 Å². The van der Waals surface area contributed by atoms with Crippen LogP contribution in [0.2, 0.25) is 0 Å². The SMILES string of the molecule is CN(Cc1c(F)cccc1F)[C@@H]1CS(=O)(=O)C[C@H]1O. The van der Waals surface area contributed by atoms with Crippen LogP contribution in [0.1, 0.15) is 5.56 Å². The van der Waals surface area contributed by atoms with E-state index in [1.54, 1.807) is 7.05 Å². The average Bonchev–Trinajstić information content (AvgIpc) is 2.57. The van der Waals surface area contributed by atoms with Crippen LogP contribution in [-0.2, 0) is 16.4 Å². The summed E-state index contributed by atoms with van der Waals surface area (Å²) < 4.78 is 49.8. The summed E-state index contributed by atoms with van der Waals surface area (Å²) in [7, 11) is -1.74. The lowest BCUT2D eigenvalue weighted by Crippen LogP contribution is -2.40. The predicted molar refractivity (Wildman–Crippen MR) is 66.3 cm³/mol. The highest BCUT2D eigenvalue weighted by Gasteiger charge is 2.38. The summed E-state index contributed by atoms with van der Waals surface area (Å²) in [5.74, 6) is -1.85. The van der Waals surface area contributed by atoms with E-state index >= 15 is 0 Å². The maximum absolute atomic E-state index is 13.5. The second-order valence-corrected chi connectivity index (χ2v) is 6.98.